The summed E-state index contributed by atoms with van der Waals surface area (Å²) in [4.78, 5) is 0. The van der Waals surface area contributed by atoms with Crippen LogP contribution in [0.4, 0.5) is 0 Å². The van der Waals surface area contributed by atoms with E-state index < -0.39 is 0 Å². The van der Waals surface area contributed by atoms with Gasteiger partial charge in [0.05, 0.1) is 11.7 Å². The van der Waals surface area contributed by atoms with Crippen LogP contribution in [0.2, 0.25) is 0 Å². The molecular formula is C14H24O. The highest BCUT2D eigenvalue weighted by molar-refractivity contribution is 5.12. The van der Waals surface area contributed by atoms with Gasteiger partial charge in [-0.1, -0.05) is 45.3 Å². The van der Waals surface area contributed by atoms with Gasteiger partial charge >= 0.3 is 0 Å². The van der Waals surface area contributed by atoms with Crippen LogP contribution in [0.3, 0.4) is 0 Å². The van der Waals surface area contributed by atoms with E-state index in [2.05, 4.69) is 26.0 Å². The normalized spacial score (nSPS) is 30.9. The highest BCUT2D eigenvalue weighted by Gasteiger charge is 2.35. The van der Waals surface area contributed by atoms with Crippen LogP contribution in [0.15, 0.2) is 12.2 Å². The van der Waals surface area contributed by atoms with E-state index in [0.717, 1.165) is 18.8 Å². The van der Waals surface area contributed by atoms with E-state index in [4.69, 9.17) is 4.74 Å². The molecule has 1 atom stereocenters. The second-order valence-corrected chi connectivity index (χ2v) is 5.11. The molecule has 2 aliphatic rings. The van der Waals surface area contributed by atoms with Crippen molar-refractivity contribution < 1.29 is 4.74 Å². The van der Waals surface area contributed by atoms with Gasteiger partial charge < -0.3 is 4.74 Å². The monoisotopic (exact) mass is 208 g/mol. The Morgan fingerprint density at radius 2 is 1.80 bits per heavy atom. The molecule has 1 fully saturated rings. The lowest BCUT2D eigenvalue weighted by atomic mass is 9.85. The lowest BCUT2D eigenvalue weighted by Crippen LogP contribution is -2.31. The Morgan fingerprint density at radius 1 is 1.13 bits per heavy atom. The fourth-order valence-electron chi connectivity index (χ4n) is 2.99. The van der Waals surface area contributed by atoms with Crippen molar-refractivity contribution in [3.63, 3.8) is 0 Å². The zero-order chi connectivity index (χ0) is 10.7. The van der Waals surface area contributed by atoms with Gasteiger partial charge in [0.15, 0.2) is 0 Å². The van der Waals surface area contributed by atoms with Crippen LogP contribution in [-0.4, -0.2) is 11.7 Å². The molecular weight excluding hydrogens is 184 g/mol. The van der Waals surface area contributed by atoms with Crippen molar-refractivity contribution in [2.24, 2.45) is 5.92 Å². The number of hydrogen-bond donors (Lipinski definition) is 0. The van der Waals surface area contributed by atoms with Gasteiger partial charge in [-0.05, 0) is 31.6 Å². The van der Waals surface area contributed by atoms with Gasteiger partial charge in [-0.3, -0.25) is 0 Å². The Bertz CT molecular complexity index is 221. The van der Waals surface area contributed by atoms with Crippen molar-refractivity contribution in [3.05, 3.63) is 12.2 Å². The minimum Gasteiger partial charge on any atom is -0.363 e. The molecule has 1 nitrogen and oxygen atoms in total. The summed E-state index contributed by atoms with van der Waals surface area (Å²) in [7, 11) is 0. The molecule has 0 amide bonds. The highest BCUT2D eigenvalue weighted by Crippen LogP contribution is 2.37. The third-order valence-electron chi connectivity index (χ3n) is 4.27. The van der Waals surface area contributed by atoms with Gasteiger partial charge in [0.2, 0.25) is 0 Å². The molecule has 0 unspecified atom stereocenters. The quantitative estimate of drug-likeness (QED) is 0.635. The highest BCUT2D eigenvalue weighted by atomic mass is 16.5. The summed E-state index contributed by atoms with van der Waals surface area (Å²) in [6.45, 7) is 4.47. The van der Waals surface area contributed by atoms with Crippen LogP contribution >= 0.6 is 0 Å². The van der Waals surface area contributed by atoms with Crippen molar-refractivity contribution in [1.29, 1.82) is 0 Å². The predicted octanol–water partition coefficient (Wildman–Crippen LogP) is 4.08. The molecule has 2 rings (SSSR count). The van der Waals surface area contributed by atoms with Crippen LogP contribution < -0.4 is 0 Å². The van der Waals surface area contributed by atoms with E-state index in [9.17, 15) is 0 Å². The first-order valence-electron chi connectivity index (χ1n) is 6.67. The third-order valence-corrected chi connectivity index (χ3v) is 4.27. The average molecular weight is 208 g/mol. The van der Waals surface area contributed by atoms with E-state index in [0.29, 0.717) is 6.10 Å². The molecule has 15 heavy (non-hydrogen) atoms. The molecule has 0 N–H and O–H groups in total. The molecule has 0 radical (unpaired) electrons. The summed E-state index contributed by atoms with van der Waals surface area (Å²) >= 11 is 0. The predicted molar refractivity (Wildman–Crippen MR) is 63.9 cm³/mol. The average Bonchev–Trinajstić information content (AvgIpc) is 2.75. The van der Waals surface area contributed by atoms with Crippen LogP contribution in [0.25, 0.3) is 0 Å². The van der Waals surface area contributed by atoms with Crippen molar-refractivity contribution in [2.45, 2.75) is 70.5 Å². The van der Waals surface area contributed by atoms with Gasteiger partial charge in [-0.15, -0.1) is 0 Å². The van der Waals surface area contributed by atoms with Gasteiger partial charge in [0, 0.05) is 0 Å². The first-order chi connectivity index (χ1) is 7.29. The molecule has 1 saturated carbocycles. The van der Waals surface area contributed by atoms with Crippen LogP contribution in [0, 0.1) is 5.92 Å². The fraction of sp³-hybridized carbons (Fsp3) is 0.857. The van der Waals surface area contributed by atoms with E-state index >= 15 is 0 Å². The topological polar surface area (TPSA) is 9.23 Å². The fourth-order valence-corrected chi connectivity index (χ4v) is 2.99. The summed E-state index contributed by atoms with van der Waals surface area (Å²) in [6, 6.07) is 0. The van der Waals surface area contributed by atoms with Gasteiger partial charge in [0.25, 0.3) is 0 Å². The number of ether oxygens (including phenoxy) is 1. The smallest absolute Gasteiger partial charge is 0.0866 e. The van der Waals surface area contributed by atoms with Crippen molar-refractivity contribution in [2.75, 3.05) is 0 Å². The number of hydrogen-bond acceptors (Lipinski definition) is 1. The molecule has 0 aromatic rings. The van der Waals surface area contributed by atoms with E-state index in [1.165, 1.54) is 32.1 Å². The molecule has 0 saturated heterocycles. The Balaban J connectivity index is 1.94. The summed E-state index contributed by atoms with van der Waals surface area (Å²) in [5.41, 5.74) is 0.0715. The molecule has 86 valence electrons. The zero-order valence-electron chi connectivity index (χ0n) is 10.2. The Kier molecular flexibility index (Phi) is 3.50. The second kappa shape index (κ2) is 4.69. The largest absolute Gasteiger partial charge is 0.363 e. The standard InChI is InChI=1S/C14H24O/c1-3-14(4-2)11-10-13(15-14)12-8-6-5-7-9-12/h10-13H,3-9H2,1-2H3/t13-/m1/s1. The zero-order valence-corrected chi connectivity index (χ0v) is 10.2. The minimum atomic E-state index is 0.0715. The Labute approximate surface area is 93.9 Å². The lowest BCUT2D eigenvalue weighted by molar-refractivity contribution is -0.0569. The van der Waals surface area contributed by atoms with Crippen molar-refractivity contribution >= 4 is 0 Å². The first-order valence-corrected chi connectivity index (χ1v) is 6.67. The molecule has 1 aliphatic heterocycles. The first kappa shape index (κ1) is 11.2. The van der Waals surface area contributed by atoms with Crippen LogP contribution in [0.1, 0.15) is 58.8 Å². The molecule has 0 bridgehead atoms. The second-order valence-electron chi connectivity index (χ2n) is 5.11. The molecule has 0 aromatic carbocycles. The molecule has 1 heterocycles. The van der Waals surface area contributed by atoms with Crippen molar-refractivity contribution in [3.8, 4) is 0 Å². The van der Waals surface area contributed by atoms with E-state index in [1.54, 1.807) is 0 Å². The third kappa shape index (κ3) is 2.28. The Morgan fingerprint density at radius 3 is 2.33 bits per heavy atom. The molecule has 0 aromatic heterocycles. The van der Waals surface area contributed by atoms with Gasteiger partial charge in [-0.25, -0.2) is 0 Å². The Hall–Kier alpha value is -0.300. The maximum atomic E-state index is 6.28. The minimum absolute atomic E-state index is 0.0715. The maximum Gasteiger partial charge on any atom is 0.0866 e. The lowest BCUT2D eigenvalue weighted by Gasteiger charge is -2.31. The van der Waals surface area contributed by atoms with Gasteiger partial charge in [0.1, 0.15) is 0 Å². The van der Waals surface area contributed by atoms with Crippen molar-refractivity contribution in [1.82, 2.24) is 0 Å². The maximum absolute atomic E-state index is 6.28. The van der Waals surface area contributed by atoms with Gasteiger partial charge in [-0.2, -0.15) is 0 Å². The SMILES string of the molecule is CCC1(CC)C=C[C@H](C2CCCCC2)O1. The molecule has 0 spiro atoms. The molecule has 1 heteroatoms. The van der Waals surface area contributed by atoms with Crippen LogP contribution in [-0.2, 0) is 4.74 Å². The summed E-state index contributed by atoms with van der Waals surface area (Å²) < 4.78 is 6.28. The van der Waals surface area contributed by atoms with Crippen LogP contribution in [0.5, 0.6) is 0 Å². The molecule has 1 aliphatic carbocycles. The summed E-state index contributed by atoms with van der Waals surface area (Å²) in [5.74, 6) is 0.801. The summed E-state index contributed by atoms with van der Waals surface area (Å²) in [6.07, 6.45) is 14.3. The van der Waals surface area contributed by atoms with E-state index in [1.807, 2.05) is 0 Å². The van der Waals surface area contributed by atoms with E-state index in [-0.39, 0.29) is 5.60 Å². The summed E-state index contributed by atoms with van der Waals surface area (Å²) in [5, 5.41) is 0. The number of rotatable bonds is 3.